The minimum Gasteiger partial charge on any atom is -0.408 e. The largest absolute Gasteiger partial charge is 0.417 e. The number of aromatic amines is 1. The van der Waals surface area contributed by atoms with Crippen molar-refractivity contribution < 1.29 is 4.42 Å². The standard InChI is InChI=1S/C21H14N4O2/c22-16-9-10-17(13-6-2-1-5-12(13)16)24-25-18-11-19-20(23-21(26)27-19)15-8-4-3-7-14(15)18/h1-11H,22H2,(H,23,26). The van der Waals surface area contributed by atoms with Crippen LogP contribution in [0.4, 0.5) is 17.1 Å². The van der Waals surface area contributed by atoms with E-state index in [4.69, 9.17) is 10.2 Å². The number of nitrogen functional groups attached to an aromatic ring is 1. The molecule has 0 bridgehead atoms. The van der Waals surface area contributed by atoms with Gasteiger partial charge in [0.15, 0.2) is 5.58 Å². The summed E-state index contributed by atoms with van der Waals surface area (Å²) in [7, 11) is 0. The fourth-order valence-corrected chi connectivity index (χ4v) is 3.35. The summed E-state index contributed by atoms with van der Waals surface area (Å²) in [5.74, 6) is -0.492. The van der Waals surface area contributed by atoms with Gasteiger partial charge < -0.3 is 10.2 Å². The Bertz CT molecular complexity index is 1410. The smallest absolute Gasteiger partial charge is 0.408 e. The topological polar surface area (TPSA) is 96.7 Å². The molecule has 0 saturated carbocycles. The minimum atomic E-state index is -0.492. The zero-order valence-corrected chi connectivity index (χ0v) is 14.1. The van der Waals surface area contributed by atoms with Crippen LogP contribution in [0.5, 0.6) is 0 Å². The van der Waals surface area contributed by atoms with E-state index in [1.807, 2.05) is 60.7 Å². The van der Waals surface area contributed by atoms with Crippen molar-refractivity contribution in [1.29, 1.82) is 0 Å². The molecule has 1 aromatic heterocycles. The summed E-state index contributed by atoms with van der Waals surface area (Å²) in [6, 6.07) is 20.9. The van der Waals surface area contributed by atoms with Crippen LogP contribution < -0.4 is 11.5 Å². The third kappa shape index (κ3) is 2.46. The molecule has 6 nitrogen and oxygen atoms in total. The van der Waals surface area contributed by atoms with Gasteiger partial charge in [0.2, 0.25) is 0 Å². The number of rotatable bonds is 2. The van der Waals surface area contributed by atoms with Crippen LogP contribution in [0.3, 0.4) is 0 Å². The maximum atomic E-state index is 11.6. The molecule has 3 N–H and O–H groups in total. The van der Waals surface area contributed by atoms with Gasteiger partial charge in [0, 0.05) is 33.3 Å². The molecule has 0 aliphatic heterocycles. The van der Waals surface area contributed by atoms with Crippen molar-refractivity contribution >= 4 is 49.7 Å². The number of azo groups is 1. The van der Waals surface area contributed by atoms with E-state index in [1.165, 1.54) is 0 Å². The first-order chi connectivity index (χ1) is 13.2. The first-order valence-corrected chi connectivity index (χ1v) is 8.44. The lowest BCUT2D eigenvalue weighted by Gasteiger charge is -2.05. The van der Waals surface area contributed by atoms with E-state index in [0.717, 1.165) is 27.2 Å². The highest BCUT2D eigenvalue weighted by molar-refractivity contribution is 6.09. The Morgan fingerprint density at radius 2 is 1.41 bits per heavy atom. The number of H-pyrrole nitrogens is 1. The Morgan fingerprint density at radius 1 is 0.778 bits per heavy atom. The van der Waals surface area contributed by atoms with Crippen molar-refractivity contribution in [3.8, 4) is 0 Å². The molecular weight excluding hydrogens is 340 g/mol. The van der Waals surface area contributed by atoms with Gasteiger partial charge in [0.25, 0.3) is 0 Å². The SMILES string of the molecule is Nc1ccc(N=Nc2cc3oc(=O)[nH]c3c3ccccc23)c2ccccc12. The number of fused-ring (bicyclic) bond motifs is 4. The highest BCUT2D eigenvalue weighted by Crippen LogP contribution is 2.35. The van der Waals surface area contributed by atoms with Crippen LogP contribution in [-0.4, -0.2) is 4.98 Å². The predicted molar refractivity (Wildman–Crippen MR) is 107 cm³/mol. The van der Waals surface area contributed by atoms with Crippen LogP contribution >= 0.6 is 0 Å². The molecule has 6 heteroatoms. The summed E-state index contributed by atoms with van der Waals surface area (Å²) >= 11 is 0. The quantitative estimate of drug-likeness (QED) is 0.327. The van der Waals surface area contributed by atoms with E-state index in [-0.39, 0.29) is 0 Å². The maximum absolute atomic E-state index is 11.6. The number of hydrogen-bond donors (Lipinski definition) is 2. The van der Waals surface area contributed by atoms with Crippen LogP contribution in [0.1, 0.15) is 0 Å². The highest BCUT2D eigenvalue weighted by atomic mass is 16.4. The number of nitrogens with two attached hydrogens (primary N) is 1. The zero-order chi connectivity index (χ0) is 18.4. The average Bonchev–Trinajstić information content (AvgIpc) is 3.08. The molecule has 0 fully saturated rings. The van der Waals surface area contributed by atoms with Gasteiger partial charge in [-0.25, -0.2) is 4.79 Å². The summed E-state index contributed by atoms with van der Waals surface area (Å²) in [6.45, 7) is 0. The molecule has 27 heavy (non-hydrogen) atoms. The third-order valence-corrected chi connectivity index (χ3v) is 4.62. The van der Waals surface area contributed by atoms with Gasteiger partial charge >= 0.3 is 5.76 Å². The molecule has 0 aliphatic rings. The van der Waals surface area contributed by atoms with Crippen molar-refractivity contribution in [3.05, 3.63) is 77.3 Å². The molecule has 1 heterocycles. The van der Waals surface area contributed by atoms with Crippen LogP contribution in [0.15, 0.2) is 86.2 Å². The molecule has 4 aromatic carbocycles. The second kappa shape index (κ2) is 5.81. The van der Waals surface area contributed by atoms with Crippen molar-refractivity contribution in [2.75, 3.05) is 5.73 Å². The molecule has 0 spiro atoms. The number of nitrogens with one attached hydrogen (secondary N) is 1. The van der Waals surface area contributed by atoms with Gasteiger partial charge in [-0.2, -0.15) is 0 Å². The fraction of sp³-hybridized carbons (Fsp3) is 0. The first kappa shape index (κ1) is 15.3. The normalized spacial score (nSPS) is 11.9. The van der Waals surface area contributed by atoms with Crippen LogP contribution in [0, 0.1) is 0 Å². The lowest BCUT2D eigenvalue weighted by molar-refractivity contribution is 0.555. The molecule has 0 unspecified atom stereocenters. The molecule has 5 rings (SSSR count). The lowest BCUT2D eigenvalue weighted by Crippen LogP contribution is -1.93. The zero-order valence-electron chi connectivity index (χ0n) is 14.1. The van der Waals surface area contributed by atoms with E-state index in [9.17, 15) is 4.79 Å². The minimum absolute atomic E-state index is 0.454. The van der Waals surface area contributed by atoms with Gasteiger partial charge in [-0.1, -0.05) is 48.5 Å². The average molecular weight is 354 g/mol. The Labute approximate surface area is 152 Å². The van der Waals surface area contributed by atoms with Crippen molar-refractivity contribution in [2.24, 2.45) is 10.2 Å². The summed E-state index contributed by atoms with van der Waals surface area (Å²) in [5, 5.41) is 12.5. The third-order valence-electron chi connectivity index (χ3n) is 4.62. The lowest BCUT2D eigenvalue weighted by atomic mass is 10.1. The van der Waals surface area contributed by atoms with E-state index in [0.29, 0.717) is 22.5 Å². The van der Waals surface area contributed by atoms with Crippen molar-refractivity contribution in [3.63, 3.8) is 0 Å². The van der Waals surface area contributed by atoms with E-state index < -0.39 is 5.76 Å². The van der Waals surface area contributed by atoms with Crippen LogP contribution in [0.25, 0.3) is 32.6 Å². The Morgan fingerprint density at radius 3 is 2.19 bits per heavy atom. The van der Waals surface area contributed by atoms with E-state index in [1.54, 1.807) is 6.07 Å². The molecule has 0 aliphatic carbocycles. The summed E-state index contributed by atoms with van der Waals surface area (Å²) in [4.78, 5) is 14.3. The predicted octanol–water partition coefficient (Wildman–Crippen LogP) is 5.43. The van der Waals surface area contributed by atoms with Gasteiger partial charge in [-0.3, -0.25) is 4.98 Å². The van der Waals surface area contributed by atoms with Crippen molar-refractivity contribution in [1.82, 2.24) is 4.98 Å². The van der Waals surface area contributed by atoms with Crippen LogP contribution in [-0.2, 0) is 0 Å². The summed E-state index contributed by atoms with van der Waals surface area (Å²) < 4.78 is 5.23. The summed E-state index contributed by atoms with van der Waals surface area (Å²) in [6.07, 6.45) is 0. The molecule has 0 radical (unpaired) electrons. The Kier molecular flexibility index (Phi) is 3.30. The second-order valence-electron chi connectivity index (χ2n) is 6.25. The van der Waals surface area contributed by atoms with Crippen molar-refractivity contribution in [2.45, 2.75) is 0 Å². The molecule has 0 amide bonds. The number of oxazole rings is 1. The summed E-state index contributed by atoms with van der Waals surface area (Å²) in [5.41, 5.74) is 9.21. The maximum Gasteiger partial charge on any atom is 0.417 e. The molecule has 5 aromatic rings. The second-order valence-corrected chi connectivity index (χ2v) is 6.25. The number of aromatic nitrogens is 1. The van der Waals surface area contributed by atoms with Gasteiger partial charge in [0.05, 0.1) is 16.9 Å². The Balaban J connectivity index is 1.73. The van der Waals surface area contributed by atoms with E-state index in [2.05, 4.69) is 15.2 Å². The fourth-order valence-electron chi connectivity index (χ4n) is 3.35. The monoisotopic (exact) mass is 354 g/mol. The number of anilines is 1. The van der Waals surface area contributed by atoms with Gasteiger partial charge in [-0.15, -0.1) is 10.2 Å². The van der Waals surface area contributed by atoms with E-state index >= 15 is 0 Å². The highest BCUT2D eigenvalue weighted by Gasteiger charge is 2.10. The van der Waals surface area contributed by atoms with Crippen LogP contribution in [0.2, 0.25) is 0 Å². The van der Waals surface area contributed by atoms with Gasteiger partial charge in [-0.05, 0) is 12.1 Å². The number of benzene rings is 4. The molecular formula is C21H14N4O2. The number of nitrogens with zero attached hydrogens (tertiary/aromatic N) is 2. The molecule has 130 valence electrons. The first-order valence-electron chi connectivity index (χ1n) is 8.44. The Hall–Kier alpha value is -3.93. The number of hydrogen-bond acceptors (Lipinski definition) is 5. The molecule has 0 saturated heterocycles. The van der Waals surface area contributed by atoms with Gasteiger partial charge in [0.1, 0.15) is 0 Å². The molecule has 0 atom stereocenters.